The topological polar surface area (TPSA) is 117 Å². The van der Waals surface area contributed by atoms with Crippen LogP contribution in [0.1, 0.15) is 63.6 Å². The first-order valence-corrected chi connectivity index (χ1v) is 12.9. The highest BCUT2D eigenvalue weighted by Crippen LogP contribution is 2.35. The molecule has 202 valence electrons. The summed E-state index contributed by atoms with van der Waals surface area (Å²) in [6.45, 7) is 11.3. The van der Waals surface area contributed by atoms with Crippen LogP contribution in [0.4, 0.5) is 10.2 Å². The molecule has 0 saturated carbocycles. The van der Waals surface area contributed by atoms with Crippen LogP contribution in [-0.2, 0) is 12.5 Å². The Hall–Kier alpha value is -4.17. The van der Waals surface area contributed by atoms with Crippen molar-refractivity contribution in [1.29, 1.82) is 5.26 Å². The molecule has 1 aliphatic rings. The Kier molecular flexibility index (Phi) is 6.68. The molecule has 1 saturated heterocycles. The van der Waals surface area contributed by atoms with Gasteiger partial charge in [-0.15, -0.1) is 0 Å². The fraction of sp³-hybridized carbons (Fsp3) is 0.429. The first-order valence-electron chi connectivity index (χ1n) is 12.9. The number of fused-ring (bicyclic) bond motifs is 1. The normalized spacial score (nSPS) is 19.3. The Morgan fingerprint density at radius 1 is 1.05 bits per heavy atom. The molecule has 0 aliphatic carbocycles. The zero-order valence-electron chi connectivity index (χ0n) is 22.9. The monoisotopic (exact) mass is 530 g/mol. The minimum Gasteiger partial charge on any atom is -0.349 e. The molecule has 1 aliphatic heterocycles. The number of nitrogens with zero attached hydrogens (tertiary/aromatic N) is 8. The number of pyridine rings is 1. The molecular weight excluding hydrogens is 499 g/mol. The van der Waals surface area contributed by atoms with E-state index < -0.39 is 11.7 Å². The van der Waals surface area contributed by atoms with Gasteiger partial charge in [0.15, 0.2) is 11.6 Å². The maximum Gasteiger partial charge on any atom is 0.349 e. The molecule has 0 bridgehead atoms. The highest BCUT2D eigenvalue weighted by Gasteiger charge is 2.39. The van der Waals surface area contributed by atoms with Crippen molar-refractivity contribution in [2.75, 3.05) is 18.0 Å². The van der Waals surface area contributed by atoms with Crippen molar-refractivity contribution in [3.8, 4) is 6.07 Å². The van der Waals surface area contributed by atoms with Gasteiger partial charge in [0.05, 0.1) is 5.52 Å². The summed E-state index contributed by atoms with van der Waals surface area (Å²) in [6.07, 6.45) is 0. The second-order valence-electron chi connectivity index (χ2n) is 11.2. The van der Waals surface area contributed by atoms with E-state index >= 15 is 0 Å². The van der Waals surface area contributed by atoms with Gasteiger partial charge >= 0.3 is 5.69 Å². The Labute approximate surface area is 225 Å². The van der Waals surface area contributed by atoms with Crippen molar-refractivity contribution in [2.45, 2.75) is 58.2 Å². The standard InChI is InChI=1S/C28H31FN8O2/c1-16-15-37(24-22-21(35(6)27(38)32-24)12-11-20(13-30)31-22)17(2)14-36(16)23(18-7-9-19(29)10-8-18)25-33-26(34-39-25)28(3,4)5/h7-12,16-17,23H,14-15H2,1-6H3/t16-,17+,23?/m1/s1. The van der Waals surface area contributed by atoms with Crippen LogP contribution in [0.15, 0.2) is 45.7 Å². The van der Waals surface area contributed by atoms with Gasteiger partial charge in [0.25, 0.3) is 0 Å². The molecule has 1 aromatic carbocycles. The number of nitriles is 1. The summed E-state index contributed by atoms with van der Waals surface area (Å²) in [6, 6.07) is 11.2. The second-order valence-corrected chi connectivity index (χ2v) is 11.2. The highest BCUT2D eigenvalue weighted by atomic mass is 19.1. The Morgan fingerprint density at radius 3 is 2.41 bits per heavy atom. The molecule has 1 fully saturated rings. The molecule has 3 aromatic heterocycles. The summed E-state index contributed by atoms with van der Waals surface area (Å²) in [5.74, 6) is 1.17. The number of piperazine rings is 1. The zero-order chi connectivity index (χ0) is 28.1. The van der Waals surface area contributed by atoms with E-state index in [1.54, 1.807) is 31.3 Å². The third-order valence-electron chi connectivity index (χ3n) is 7.22. The van der Waals surface area contributed by atoms with Gasteiger partial charge in [-0.05, 0) is 43.7 Å². The van der Waals surface area contributed by atoms with Crippen LogP contribution >= 0.6 is 0 Å². The summed E-state index contributed by atoms with van der Waals surface area (Å²) in [4.78, 5) is 30.7. The molecule has 4 heterocycles. The van der Waals surface area contributed by atoms with Crippen LogP contribution in [0.3, 0.4) is 0 Å². The minimum atomic E-state index is -0.398. The van der Waals surface area contributed by atoms with Crippen LogP contribution in [0.25, 0.3) is 11.0 Å². The van der Waals surface area contributed by atoms with Crippen molar-refractivity contribution < 1.29 is 8.91 Å². The molecular formula is C28H31FN8O2. The van der Waals surface area contributed by atoms with E-state index in [0.717, 1.165) is 5.56 Å². The van der Waals surface area contributed by atoms with Crippen LogP contribution in [-0.4, -0.2) is 54.7 Å². The lowest BCUT2D eigenvalue weighted by Crippen LogP contribution is -2.58. The molecule has 0 radical (unpaired) electrons. The molecule has 5 rings (SSSR count). The summed E-state index contributed by atoms with van der Waals surface area (Å²) in [5.41, 5.74) is 1.52. The van der Waals surface area contributed by atoms with Gasteiger partial charge in [-0.25, -0.2) is 14.2 Å². The Morgan fingerprint density at radius 2 is 1.77 bits per heavy atom. The van der Waals surface area contributed by atoms with Crippen LogP contribution in [0.5, 0.6) is 0 Å². The number of rotatable bonds is 4. The summed E-state index contributed by atoms with van der Waals surface area (Å²) in [7, 11) is 1.64. The largest absolute Gasteiger partial charge is 0.349 e. The van der Waals surface area contributed by atoms with Gasteiger partial charge in [-0.1, -0.05) is 38.1 Å². The lowest BCUT2D eigenvalue weighted by Gasteiger charge is -2.47. The van der Waals surface area contributed by atoms with Crippen molar-refractivity contribution >= 4 is 16.9 Å². The average Bonchev–Trinajstić information content (AvgIpc) is 3.40. The molecule has 4 aromatic rings. The summed E-state index contributed by atoms with van der Waals surface area (Å²) >= 11 is 0. The zero-order valence-corrected chi connectivity index (χ0v) is 22.9. The number of benzene rings is 1. The molecule has 39 heavy (non-hydrogen) atoms. The summed E-state index contributed by atoms with van der Waals surface area (Å²) < 4.78 is 21.1. The molecule has 0 amide bonds. The van der Waals surface area contributed by atoms with E-state index in [0.29, 0.717) is 41.7 Å². The maximum atomic E-state index is 13.8. The number of aromatic nitrogens is 5. The predicted molar refractivity (Wildman–Crippen MR) is 144 cm³/mol. The van der Waals surface area contributed by atoms with Crippen molar-refractivity contribution in [1.82, 2.24) is 29.6 Å². The first kappa shape index (κ1) is 26.4. The average molecular weight is 531 g/mol. The van der Waals surface area contributed by atoms with Gasteiger partial charge in [-0.2, -0.15) is 15.2 Å². The first-order chi connectivity index (χ1) is 18.5. The van der Waals surface area contributed by atoms with Crippen molar-refractivity contribution in [3.05, 3.63) is 75.7 Å². The SMILES string of the molecule is C[C@@H]1CN(c2nc(=O)n(C)c3ccc(C#N)nc23)[C@@H](C)CN1C(c1ccc(F)cc1)c1nc(C(C)(C)C)no1. The number of hydrogen-bond donors (Lipinski definition) is 0. The molecule has 11 heteroatoms. The number of anilines is 1. The fourth-order valence-corrected chi connectivity index (χ4v) is 5.05. The maximum absolute atomic E-state index is 13.8. The van der Waals surface area contributed by atoms with E-state index in [4.69, 9.17) is 9.51 Å². The number of hydrogen-bond acceptors (Lipinski definition) is 9. The van der Waals surface area contributed by atoms with Gasteiger partial charge < -0.3 is 9.42 Å². The molecule has 0 N–H and O–H groups in total. The van der Waals surface area contributed by atoms with E-state index in [2.05, 4.69) is 37.9 Å². The van der Waals surface area contributed by atoms with Gasteiger partial charge in [0, 0.05) is 37.6 Å². The lowest BCUT2D eigenvalue weighted by molar-refractivity contribution is 0.109. The quantitative estimate of drug-likeness (QED) is 0.389. The van der Waals surface area contributed by atoms with Crippen molar-refractivity contribution in [2.24, 2.45) is 7.05 Å². The molecule has 1 unspecified atom stereocenters. The fourth-order valence-electron chi connectivity index (χ4n) is 5.05. The van der Waals surface area contributed by atoms with Gasteiger partial charge in [-0.3, -0.25) is 9.47 Å². The summed E-state index contributed by atoms with van der Waals surface area (Å²) in [5, 5.41) is 13.7. The second kappa shape index (κ2) is 9.85. The Bertz CT molecular complexity index is 1620. The van der Waals surface area contributed by atoms with E-state index in [-0.39, 0.29) is 29.0 Å². The van der Waals surface area contributed by atoms with Gasteiger partial charge in [0.2, 0.25) is 5.89 Å². The number of halogens is 1. The molecule has 0 spiro atoms. The minimum absolute atomic E-state index is 0.0544. The third-order valence-corrected chi connectivity index (χ3v) is 7.22. The van der Waals surface area contributed by atoms with E-state index in [1.807, 2.05) is 27.7 Å². The van der Waals surface area contributed by atoms with Crippen molar-refractivity contribution in [3.63, 3.8) is 0 Å². The van der Waals surface area contributed by atoms with Crippen LogP contribution in [0, 0.1) is 17.1 Å². The Balaban J connectivity index is 1.55. The smallest absolute Gasteiger partial charge is 0.349 e. The highest BCUT2D eigenvalue weighted by molar-refractivity contribution is 5.86. The van der Waals surface area contributed by atoms with Crippen LogP contribution < -0.4 is 10.6 Å². The molecule has 10 nitrogen and oxygen atoms in total. The lowest BCUT2D eigenvalue weighted by atomic mass is 9.96. The molecule has 3 atom stereocenters. The third kappa shape index (κ3) is 4.88. The van der Waals surface area contributed by atoms with Crippen LogP contribution in [0.2, 0.25) is 0 Å². The predicted octanol–water partition coefficient (Wildman–Crippen LogP) is 3.71. The van der Waals surface area contributed by atoms with E-state index in [9.17, 15) is 14.4 Å². The number of aryl methyl sites for hydroxylation is 1. The van der Waals surface area contributed by atoms with E-state index in [1.165, 1.54) is 16.7 Å². The van der Waals surface area contributed by atoms with Gasteiger partial charge in [0.1, 0.15) is 29.1 Å².